The SMILES string of the molecule is CCOC(Cc1ccc(N)cc1)C(=O)N=O. The summed E-state index contributed by atoms with van der Waals surface area (Å²) in [5.41, 5.74) is 7.06. The van der Waals surface area contributed by atoms with Gasteiger partial charge < -0.3 is 10.5 Å². The Labute approximate surface area is 93.6 Å². The summed E-state index contributed by atoms with van der Waals surface area (Å²) in [5, 5.41) is 2.38. The molecule has 86 valence electrons. The van der Waals surface area contributed by atoms with Gasteiger partial charge in [0.2, 0.25) is 0 Å². The average molecular weight is 222 g/mol. The van der Waals surface area contributed by atoms with E-state index >= 15 is 0 Å². The summed E-state index contributed by atoms with van der Waals surface area (Å²) in [7, 11) is 0. The first-order valence-corrected chi connectivity index (χ1v) is 5.00. The molecule has 5 heteroatoms. The average Bonchev–Trinajstić information content (AvgIpc) is 2.30. The summed E-state index contributed by atoms with van der Waals surface area (Å²) >= 11 is 0. The number of ether oxygens (including phenoxy) is 1. The van der Waals surface area contributed by atoms with Crippen LogP contribution in [0.15, 0.2) is 29.4 Å². The molecule has 0 aromatic heterocycles. The van der Waals surface area contributed by atoms with Gasteiger partial charge in [0.25, 0.3) is 0 Å². The first-order chi connectivity index (χ1) is 7.67. The molecule has 0 saturated heterocycles. The number of nitroso groups, excluding NO2 is 1. The summed E-state index contributed by atoms with van der Waals surface area (Å²) in [6.45, 7) is 2.12. The summed E-state index contributed by atoms with van der Waals surface area (Å²) in [6, 6.07) is 7.05. The number of carbonyl (C=O) groups excluding carboxylic acids is 1. The van der Waals surface area contributed by atoms with E-state index in [1.807, 2.05) is 0 Å². The lowest BCUT2D eigenvalue weighted by atomic mass is 10.1. The maximum Gasteiger partial charge on any atom is 0.315 e. The number of carbonyl (C=O) groups is 1. The molecule has 1 atom stereocenters. The Morgan fingerprint density at radius 2 is 2.06 bits per heavy atom. The van der Waals surface area contributed by atoms with Gasteiger partial charge in [-0.25, -0.2) is 0 Å². The fraction of sp³-hybridized carbons (Fsp3) is 0.364. The molecule has 0 saturated carbocycles. The number of nitrogens with two attached hydrogens (primary N) is 1. The molecule has 16 heavy (non-hydrogen) atoms. The molecule has 0 fully saturated rings. The van der Waals surface area contributed by atoms with E-state index in [-0.39, 0.29) is 0 Å². The van der Waals surface area contributed by atoms with Crippen LogP contribution in [-0.4, -0.2) is 18.6 Å². The third kappa shape index (κ3) is 3.43. The molecule has 0 bridgehead atoms. The van der Waals surface area contributed by atoms with E-state index in [0.29, 0.717) is 18.7 Å². The quantitative estimate of drug-likeness (QED) is 0.604. The number of rotatable bonds is 5. The van der Waals surface area contributed by atoms with Crippen LogP contribution in [0.5, 0.6) is 0 Å². The molecule has 1 unspecified atom stereocenters. The zero-order valence-corrected chi connectivity index (χ0v) is 9.05. The lowest BCUT2D eigenvalue weighted by molar-refractivity contribution is -0.129. The van der Waals surface area contributed by atoms with Gasteiger partial charge >= 0.3 is 5.91 Å². The molecule has 0 radical (unpaired) electrons. The Balaban J connectivity index is 2.71. The first kappa shape index (κ1) is 12.3. The highest BCUT2D eigenvalue weighted by Crippen LogP contribution is 2.10. The lowest BCUT2D eigenvalue weighted by Crippen LogP contribution is -2.25. The Bertz CT molecular complexity index is 362. The van der Waals surface area contributed by atoms with Crippen LogP contribution in [0.1, 0.15) is 12.5 Å². The molecule has 0 aliphatic rings. The smallest absolute Gasteiger partial charge is 0.315 e. The first-order valence-electron chi connectivity index (χ1n) is 5.00. The van der Waals surface area contributed by atoms with Crippen LogP contribution in [0, 0.1) is 4.91 Å². The van der Waals surface area contributed by atoms with Crippen molar-refractivity contribution < 1.29 is 9.53 Å². The van der Waals surface area contributed by atoms with E-state index in [0.717, 1.165) is 5.56 Å². The topological polar surface area (TPSA) is 81.8 Å². The van der Waals surface area contributed by atoms with Gasteiger partial charge in [0, 0.05) is 23.9 Å². The van der Waals surface area contributed by atoms with Crippen molar-refractivity contribution in [2.24, 2.45) is 5.18 Å². The van der Waals surface area contributed by atoms with Crippen molar-refractivity contribution in [3.8, 4) is 0 Å². The van der Waals surface area contributed by atoms with Crippen LogP contribution in [0.2, 0.25) is 0 Å². The van der Waals surface area contributed by atoms with E-state index < -0.39 is 12.0 Å². The molecule has 0 aliphatic heterocycles. The van der Waals surface area contributed by atoms with Crippen LogP contribution >= 0.6 is 0 Å². The molecule has 1 aromatic rings. The highest BCUT2D eigenvalue weighted by atomic mass is 16.5. The molecule has 0 heterocycles. The van der Waals surface area contributed by atoms with E-state index in [4.69, 9.17) is 10.5 Å². The molecule has 0 aliphatic carbocycles. The van der Waals surface area contributed by atoms with E-state index in [1.165, 1.54) is 0 Å². The van der Waals surface area contributed by atoms with E-state index in [2.05, 4.69) is 5.18 Å². The maximum atomic E-state index is 11.1. The lowest BCUT2D eigenvalue weighted by Gasteiger charge is -2.11. The monoisotopic (exact) mass is 222 g/mol. The van der Waals surface area contributed by atoms with E-state index in [9.17, 15) is 9.70 Å². The van der Waals surface area contributed by atoms with Gasteiger partial charge in [0.15, 0.2) is 0 Å². The van der Waals surface area contributed by atoms with Gasteiger partial charge in [0.1, 0.15) is 6.10 Å². The fourth-order valence-corrected chi connectivity index (χ4v) is 1.35. The molecule has 1 rings (SSSR count). The van der Waals surface area contributed by atoms with Crippen molar-refractivity contribution in [3.63, 3.8) is 0 Å². The Morgan fingerprint density at radius 1 is 1.44 bits per heavy atom. The van der Waals surface area contributed by atoms with Crippen LogP contribution < -0.4 is 5.73 Å². The highest BCUT2D eigenvalue weighted by Gasteiger charge is 2.19. The van der Waals surface area contributed by atoms with Crippen LogP contribution in [-0.2, 0) is 16.0 Å². The van der Waals surface area contributed by atoms with Gasteiger partial charge in [-0.1, -0.05) is 12.1 Å². The Morgan fingerprint density at radius 3 is 2.56 bits per heavy atom. The van der Waals surface area contributed by atoms with Gasteiger partial charge in [0.05, 0.1) is 0 Å². The van der Waals surface area contributed by atoms with Gasteiger partial charge in [-0.3, -0.25) is 4.79 Å². The predicted molar refractivity (Wildman–Crippen MR) is 60.8 cm³/mol. The molecular formula is C11H14N2O3. The zero-order chi connectivity index (χ0) is 12.0. The Kier molecular flexibility index (Phi) is 4.60. The largest absolute Gasteiger partial charge is 0.399 e. The number of nitrogens with zero attached hydrogens (tertiary/aromatic N) is 1. The van der Waals surface area contributed by atoms with Gasteiger partial charge in [-0.2, -0.15) is 0 Å². The number of hydrogen-bond donors (Lipinski definition) is 1. The van der Waals surface area contributed by atoms with Crippen molar-refractivity contribution in [3.05, 3.63) is 34.7 Å². The molecule has 1 amide bonds. The summed E-state index contributed by atoms with van der Waals surface area (Å²) < 4.78 is 5.15. The molecular weight excluding hydrogens is 208 g/mol. The normalized spacial score (nSPS) is 12.1. The number of amides is 1. The third-order valence-electron chi connectivity index (χ3n) is 2.13. The molecule has 5 nitrogen and oxygen atoms in total. The molecule has 0 spiro atoms. The van der Waals surface area contributed by atoms with Crippen molar-refractivity contribution in [1.82, 2.24) is 0 Å². The second-order valence-electron chi connectivity index (χ2n) is 3.32. The maximum absolute atomic E-state index is 11.1. The summed E-state index contributed by atoms with van der Waals surface area (Å²) in [6.07, 6.45) is -0.468. The number of nitrogen functional groups attached to an aromatic ring is 1. The number of hydrogen-bond acceptors (Lipinski definition) is 4. The minimum atomic E-state index is -0.800. The van der Waals surface area contributed by atoms with Gasteiger partial charge in [-0.15, -0.1) is 4.91 Å². The van der Waals surface area contributed by atoms with Crippen molar-refractivity contribution >= 4 is 11.6 Å². The van der Waals surface area contributed by atoms with E-state index in [1.54, 1.807) is 31.2 Å². The third-order valence-corrected chi connectivity index (χ3v) is 2.13. The fourth-order valence-electron chi connectivity index (χ4n) is 1.35. The second-order valence-corrected chi connectivity index (χ2v) is 3.32. The van der Waals surface area contributed by atoms with Crippen LogP contribution in [0.3, 0.4) is 0 Å². The summed E-state index contributed by atoms with van der Waals surface area (Å²) in [4.78, 5) is 21.3. The highest BCUT2D eigenvalue weighted by molar-refractivity contribution is 5.81. The van der Waals surface area contributed by atoms with Crippen LogP contribution in [0.25, 0.3) is 0 Å². The van der Waals surface area contributed by atoms with Crippen molar-refractivity contribution in [2.45, 2.75) is 19.4 Å². The predicted octanol–water partition coefficient (Wildman–Crippen LogP) is 1.51. The van der Waals surface area contributed by atoms with Gasteiger partial charge in [-0.05, 0) is 24.6 Å². The van der Waals surface area contributed by atoms with Crippen molar-refractivity contribution in [2.75, 3.05) is 12.3 Å². The minimum Gasteiger partial charge on any atom is -0.399 e. The number of benzene rings is 1. The van der Waals surface area contributed by atoms with Crippen molar-refractivity contribution in [1.29, 1.82) is 0 Å². The zero-order valence-electron chi connectivity index (χ0n) is 9.05. The number of anilines is 1. The second kappa shape index (κ2) is 5.97. The minimum absolute atomic E-state index is 0.332. The van der Waals surface area contributed by atoms with Crippen LogP contribution in [0.4, 0.5) is 5.69 Å². The summed E-state index contributed by atoms with van der Waals surface area (Å²) in [5.74, 6) is -0.779. The molecule has 2 N–H and O–H groups in total. The standard InChI is InChI=1S/C11H14N2O3/c1-2-16-10(11(14)13-15)7-8-3-5-9(12)6-4-8/h3-6,10H,2,7,12H2,1H3. The Hall–Kier alpha value is -1.75. The molecule has 1 aromatic carbocycles.